The van der Waals surface area contributed by atoms with Gasteiger partial charge in [0.2, 0.25) is 0 Å². The standard InChI is InChI=1S/C25H28F2N2/c1-4-22(26)15-25(3,14-19-9-6-5-7-10-19)17-29-18(2)21-13-20-11-8-12-23(27)24(20)28-16-21/h5-13,16,22,29H,2,4,14-15,17H2,1,3H3/t22-,25?/m0/s1. The minimum atomic E-state index is -0.843. The predicted octanol–water partition coefficient (Wildman–Crippen LogP) is 6.32. The summed E-state index contributed by atoms with van der Waals surface area (Å²) in [6.45, 7) is 8.69. The molecule has 0 aliphatic carbocycles. The van der Waals surface area contributed by atoms with Gasteiger partial charge in [-0.25, -0.2) is 8.78 Å². The number of benzene rings is 2. The normalized spacial score (nSPS) is 14.3. The second kappa shape index (κ2) is 9.17. The highest BCUT2D eigenvalue weighted by atomic mass is 19.1. The number of alkyl halides is 1. The number of para-hydroxylation sites is 1. The third kappa shape index (κ3) is 5.41. The summed E-state index contributed by atoms with van der Waals surface area (Å²) in [5.74, 6) is -0.336. The van der Waals surface area contributed by atoms with E-state index in [0.717, 1.165) is 17.4 Å². The first-order valence-electron chi connectivity index (χ1n) is 10.1. The van der Waals surface area contributed by atoms with Gasteiger partial charge in [0.15, 0.2) is 0 Å². The fraction of sp³-hybridized carbons (Fsp3) is 0.320. The molecule has 0 radical (unpaired) electrons. The molecule has 2 atom stereocenters. The number of nitrogens with one attached hydrogen (secondary N) is 1. The van der Waals surface area contributed by atoms with Gasteiger partial charge >= 0.3 is 0 Å². The van der Waals surface area contributed by atoms with E-state index in [0.29, 0.717) is 30.6 Å². The summed E-state index contributed by atoms with van der Waals surface area (Å²) in [4.78, 5) is 4.24. The first kappa shape index (κ1) is 21.0. The third-order valence-electron chi connectivity index (χ3n) is 5.37. The lowest BCUT2D eigenvalue weighted by atomic mass is 9.78. The fourth-order valence-corrected chi connectivity index (χ4v) is 3.69. The largest absolute Gasteiger partial charge is 0.384 e. The first-order valence-corrected chi connectivity index (χ1v) is 10.1. The van der Waals surface area contributed by atoms with E-state index in [2.05, 4.69) is 35.9 Å². The lowest BCUT2D eigenvalue weighted by molar-refractivity contribution is 0.186. The predicted molar refractivity (Wildman–Crippen MR) is 117 cm³/mol. The molecule has 4 heteroatoms. The average Bonchev–Trinajstić information content (AvgIpc) is 2.72. The van der Waals surface area contributed by atoms with Crippen LogP contribution in [0, 0.1) is 11.2 Å². The van der Waals surface area contributed by atoms with Gasteiger partial charge in [-0.15, -0.1) is 0 Å². The van der Waals surface area contributed by atoms with E-state index in [1.165, 1.54) is 11.6 Å². The van der Waals surface area contributed by atoms with Crippen LogP contribution in [0.5, 0.6) is 0 Å². The number of pyridine rings is 1. The molecule has 0 saturated heterocycles. The van der Waals surface area contributed by atoms with Crippen LogP contribution in [0.4, 0.5) is 8.78 Å². The van der Waals surface area contributed by atoms with Crippen molar-refractivity contribution in [3.05, 3.63) is 84.3 Å². The summed E-state index contributed by atoms with van der Waals surface area (Å²) in [6, 6.07) is 16.9. The summed E-state index contributed by atoms with van der Waals surface area (Å²) in [5, 5.41) is 4.10. The molecule has 152 valence electrons. The summed E-state index contributed by atoms with van der Waals surface area (Å²) < 4.78 is 28.1. The molecule has 29 heavy (non-hydrogen) atoms. The molecule has 3 aromatic rings. The van der Waals surface area contributed by atoms with E-state index >= 15 is 0 Å². The highest BCUT2D eigenvalue weighted by Gasteiger charge is 2.28. The van der Waals surface area contributed by atoms with Crippen LogP contribution in [0.3, 0.4) is 0 Å². The number of hydrogen-bond acceptors (Lipinski definition) is 2. The van der Waals surface area contributed by atoms with Gasteiger partial charge in [-0.05, 0) is 42.4 Å². The Balaban J connectivity index is 1.75. The van der Waals surface area contributed by atoms with Crippen LogP contribution in [0.25, 0.3) is 16.6 Å². The first-order chi connectivity index (χ1) is 13.9. The molecular weight excluding hydrogens is 366 g/mol. The van der Waals surface area contributed by atoms with Crippen molar-refractivity contribution in [2.75, 3.05) is 6.54 Å². The maximum absolute atomic E-state index is 14.3. The van der Waals surface area contributed by atoms with Gasteiger partial charge in [-0.3, -0.25) is 4.98 Å². The Bertz CT molecular complexity index is 971. The molecule has 0 saturated carbocycles. The van der Waals surface area contributed by atoms with Crippen molar-refractivity contribution in [3.63, 3.8) is 0 Å². The zero-order chi connectivity index (χ0) is 20.9. The van der Waals surface area contributed by atoms with Gasteiger partial charge in [0.1, 0.15) is 17.5 Å². The van der Waals surface area contributed by atoms with Crippen LogP contribution in [-0.2, 0) is 6.42 Å². The van der Waals surface area contributed by atoms with Gasteiger partial charge in [-0.1, -0.05) is 62.9 Å². The van der Waals surface area contributed by atoms with E-state index in [4.69, 9.17) is 0 Å². The Morgan fingerprint density at radius 2 is 1.93 bits per heavy atom. The molecule has 2 aromatic carbocycles. The number of hydrogen-bond donors (Lipinski definition) is 1. The van der Waals surface area contributed by atoms with E-state index in [9.17, 15) is 8.78 Å². The van der Waals surface area contributed by atoms with Crippen molar-refractivity contribution in [1.82, 2.24) is 10.3 Å². The summed E-state index contributed by atoms with van der Waals surface area (Å²) in [5.41, 5.74) is 2.78. The second-order valence-corrected chi connectivity index (χ2v) is 8.05. The molecule has 2 nitrogen and oxygen atoms in total. The molecule has 0 fully saturated rings. The van der Waals surface area contributed by atoms with Crippen molar-refractivity contribution in [2.24, 2.45) is 5.41 Å². The number of nitrogens with zero attached hydrogens (tertiary/aromatic N) is 1. The van der Waals surface area contributed by atoms with E-state index in [1.807, 2.05) is 37.3 Å². The molecule has 0 aliphatic heterocycles. The van der Waals surface area contributed by atoms with Gasteiger partial charge in [0.05, 0.1) is 0 Å². The molecule has 3 rings (SSSR count). The van der Waals surface area contributed by atoms with Crippen molar-refractivity contribution in [2.45, 2.75) is 39.3 Å². The van der Waals surface area contributed by atoms with Gasteiger partial charge < -0.3 is 5.32 Å². The zero-order valence-corrected chi connectivity index (χ0v) is 17.1. The average molecular weight is 395 g/mol. The summed E-state index contributed by atoms with van der Waals surface area (Å²) in [6.07, 6.45) is 2.53. The highest BCUT2D eigenvalue weighted by molar-refractivity contribution is 5.82. The quantitative estimate of drug-likeness (QED) is 0.459. The lowest BCUT2D eigenvalue weighted by Gasteiger charge is -2.32. The van der Waals surface area contributed by atoms with Crippen molar-refractivity contribution in [3.8, 4) is 0 Å². The molecule has 1 unspecified atom stereocenters. The van der Waals surface area contributed by atoms with Crippen LogP contribution in [-0.4, -0.2) is 17.7 Å². The third-order valence-corrected chi connectivity index (χ3v) is 5.37. The lowest BCUT2D eigenvalue weighted by Crippen LogP contribution is -2.35. The van der Waals surface area contributed by atoms with Gasteiger partial charge in [-0.2, -0.15) is 0 Å². The van der Waals surface area contributed by atoms with Gasteiger partial charge in [0, 0.05) is 29.4 Å². The Morgan fingerprint density at radius 1 is 1.17 bits per heavy atom. The fourth-order valence-electron chi connectivity index (χ4n) is 3.69. The summed E-state index contributed by atoms with van der Waals surface area (Å²) >= 11 is 0. The Morgan fingerprint density at radius 3 is 2.66 bits per heavy atom. The molecule has 1 heterocycles. The molecular formula is C25H28F2N2. The van der Waals surface area contributed by atoms with Crippen LogP contribution >= 0.6 is 0 Å². The van der Waals surface area contributed by atoms with Crippen LogP contribution < -0.4 is 5.32 Å². The Kier molecular flexibility index (Phi) is 6.63. The maximum atomic E-state index is 14.3. The number of fused-ring (bicyclic) bond motifs is 1. The van der Waals surface area contributed by atoms with Crippen LogP contribution in [0.15, 0.2) is 67.4 Å². The number of rotatable bonds is 9. The van der Waals surface area contributed by atoms with Crippen molar-refractivity contribution >= 4 is 16.6 Å². The minimum Gasteiger partial charge on any atom is -0.384 e. The number of aromatic nitrogens is 1. The molecule has 0 spiro atoms. The zero-order valence-electron chi connectivity index (χ0n) is 17.1. The molecule has 0 aliphatic rings. The Labute approximate surface area is 171 Å². The van der Waals surface area contributed by atoms with E-state index in [-0.39, 0.29) is 11.2 Å². The topological polar surface area (TPSA) is 24.9 Å². The van der Waals surface area contributed by atoms with Gasteiger partial charge in [0.25, 0.3) is 0 Å². The Hall–Kier alpha value is -2.75. The van der Waals surface area contributed by atoms with E-state index < -0.39 is 6.17 Å². The molecule has 0 bridgehead atoms. The molecule has 1 N–H and O–H groups in total. The molecule has 1 aromatic heterocycles. The second-order valence-electron chi connectivity index (χ2n) is 8.05. The smallest absolute Gasteiger partial charge is 0.149 e. The molecule has 0 amide bonds. The van der Waals surface area contributed by atoms with Crippen LogP contribution in [0.2, 0.25) is 0 Å². The monoisotopic (exact) mass is 394 g/mol. The number of halogens is 2. The SMILES string of the molecule is C=C(NCC(C)(Cc1ccccc1)C[C@@H](F)CC)c1cnc2c(F)cccc2c1. The van der Waals surface area contributed by atoms with Crippen LogP contribution in [0.1, 0.15) is 37.8 Å². The highest BCUT2D eigenvalue weighted by Crippen LogP contribution is 2.31. The summed E-state index contributed by atoms with van der Waals surface area (Å²) in [7, 11) is 0. The minimum absolute atomic E-state index is 0.268. The van der Waals surface area contributed by atoms with Crippen molar-refractivity contribution < 1.29 is 8.78 Å². The van der Waals surface area contributed by atoms with E-state index in [1.54, 1.807) is 12.3 Å². The van der Waals surface area contributed by atoms with Crippen molar-refractivity contribution in [1.29, 1.82) is 0 Å². The maximum Gasteiger partial charge on any atom is 0.149 e.